The molecule has 0 spiro atoms. The maximum absolute atomic E-state index is 12.4. The quantitative estimate of drug-likeness (QED) is 0.780. The van der Waals surface area contributed by atoms with E-state index in [4.69, 9.17) is 16.3 Å². The Morgan fingerprint density at radius 2 is 2.05 bits per heavy atom. The minimum atomic E-state index is -3.39. The summed E-state index contributed by atoms with van der Waals surface area (Å²) in [5, 5.41) is 0. The number of aryl methyl sites for hydroxylation is 1. The van der Waals surface area contributed by atoms with Crippen molar-refractivity contribution in [3.05, 3.63) is 29.8 Å². The Balaban J connectivity index is 2.15. The van der Waals surface area contributed by atoms with E-state index >= 15 is 0 Å². The average molecular weight is 304 g/mol. The van der Waals surface area contributed by atoms with E-state index in [1.165, 1.54) is 4.31 Å². The number of alkyl halides is 1. The van der Waals surface area contributed by atoms with Gasteiger partial charge in [0.15, 0.2) is 0 Å². The molecule has 106 valence electrons. The van der Waals surface area contributed by atoms with Crippen LogP contribution in [0.5, 0.6) is 0 Å². The second-order valence-electron chi connectivity index (χ2n) is 4.59. The normalized spacial score (nSPS) is 20.8. The van der Waals surface area contributed by atoms with Crippen molar-refractivity contribution in [1.82, 2.24) is 4.31 Å². The van der Waals surface area contributed by atoms with Gasteiger partial charge in [0.25, 0.3) is 0 Å². The highest BCUT2D eigenvalue weighted by Crippen LogP contribution is 2.22. The van der Waals surface area contributed by atoms with E-state index in [1.807, 2.05) is 12.1 Å². The third-order valence-electron chi connectivity index (χ3n) is 3.39. The van der Waals surface area contributed by atoms with Crippen molar-refractivity contribution in [2.45, 2.75) is 23.8 Å². The lowest BCUT2D eigenvalue weighted by Crippen LogP contribution is -2.30. The van der Waals surface area contributed by atoms with E-state index in [0.717, 1.165) is 18.4 Å². The molecule has 6 heteroatoms. The fourth-order valence-electron chi connectivity index (χ4n) is 2.19. The summed E-state index contributed by atoms with van der Waals surface area (Å²) in [5.41, 5.74) is 1.05. The Labute approximate surface area is 119 Å². The number of halogens is 1. The molecule has 1 fully saturated rings. The van der Waals surface area contributed by atoms with E-state index in [1.54, 1.807) is 19.2 Å². The van der Waals surface area contributed by atoms with Gasteiger partial charge in [-0.05, 0) is 30.5 Å². The number of rotatable bonds is 5. The fraction of sp³-hybridized carbons (Fsp3) is 0.538. The molecule has 1 heterocycles. The molecular formula is C13H18ClNO3S. The van der Waals surface area contributed by atoms with Gasteiger partial charge in [0.05, 0.1) is 11.0 Å². The first-order valence-corrected chi connectivity index (χ1v) is 8.23. The first-order chi connectivity index (χ1) is 9.07. The number of methoxy groups -OCH3 is 1. The molecule has 0 N–H and O–H groups in total. The van der Waals surface area contributed by atoms with Crippen LogP contribution in [-0.2, 0) is 21.2 Å². The molecule has 4 nitrogen and oxygen atoms in total. The minimum absolute atomic E-state index is 0.00490. The number of benzene rings is 1. The van der Waals surface area contributed by atoms with Crippen LogP contribution in [0.3, 0.4) is 0 Å². The third kappa shape index (κ3) is 3.28. The van der Waals surface area contributed by atoms with Crippen LogP contribution in [0.15, 0.2) is 29.2 Å². The molecule has 1 aliphatic rings. The SMILES string of the molecule is COC1CCN(S(=O)(=O)c2ccc(CCCl)cc2)C1. The van der Waals surface area contributed by atoms with Crippen LogP contribution in [0.4, 0.5) is 0 Å². The lowest BCUT2D eigenvalue weighted by Gasteiger charge is -2.16. The molecule has 0 bridgehead atoms. The zero-order valence-corrected chi connectivity index (χ0v) is 12.5. The van der Waals surface area contributed by atoms with Crippen LogP contribution >= 0.6 is 11.6 Å². The van der Waals surface area contributed by atoms with Gasteiger partial charge in [-0.25, -0.2) is 8.42 Å². The van der Waals surface area contributed by atoms with Gasteiger partial charge in [-0.2, -0.15) is 4.31 Å². The Bertz CT molecular complexity index is 515. The van der Waals surface area contributed by atoms with Crippen LogP contribution in [0.25, 0.3) is 0 Å². The van der Waals surface area contributed by atoms with E-state index in [9.17, 15) is 8.42 Å². The molecule has 1 aliphatic heterocycles. The summed E-state index contributed by atoms with van der Waals surface area (Å²) in [7, 11) is -1.78. The van der Waals surface area contributed by atoms with Crippen molar-refractivity contribution in [3.63, 3.8) is 0 Å². The zero-order chi connectivity index (χ0) is 13.9. The molecule has 0 aromatic heterocycles. The highest BCUT2D eigenvalue weighted by atomic mass is 35.5. The summed E-state index contributed by atoms with van der Waals surface area (Å²) in [4.78, 5) is 0.336. The van der Waals surface area contributed by atoms with Gasteiger partial charge in [0.2, 0.25) is 10.0 Å². The molecule has 1 atom stereocenters. The van der Waals surface area contributed by atoms with E-state index in [-0.39, 0.29) is 6.10 Å². The molecule has 0 amide bonds. The van der Waals surface area contributed by atoms with Gasteiger partial charge in [0, 0.05) is 26.1 Å². The molecule has 2 rings (SSSR count). The van der Waals surface area contributed by atoms with Crippen molar-refractivity contribution in [2.24, 2.45) is 0 Å². The Hall–Kier alpha value is -0.620. The Morgan fingerprint density at radius 1 is 1.37 bits per heavy atom. The molecule has 1 unspecified atom stereocenters. The van der Waals surface area contributed by atoms with Crippen LogP contribution in [0.1, 0.15) is 12.0 Å². The van der Waals surface area contributed by atoms with Crippen molar-refractivity contribution >= 4 is 21.6 Å². The molecule has 0 aliphatic carbocycles. The van der Waals surface area contributed by atoms with Gasteiger partial charge in [-0.3, -0.25) is 0 Å². The first-order valence-electron chi connectivity index (χ1n) is 6.26. The molecular weight excluding hydrogens is 286 g/mol. The standard InChI is InChI=1S/C13H18ClNO3S/c1-18-12-7-9-15(10-12)19(16,17)13-4-2-11(3-5-13)6-8-14/h2-5,12H,6-10H2,1H3. The summed E-state index contributed by atoms with van der Waals surface area (Å²) in [6, 6.07) is 6.94. The number of hydrogen-bond acceptors (Lipinski definition) is 3. The van der Waals surface area contributed by atoms with Gasteiger partial charge in [0.1, 0.15) is 0 Å². The predicted octanol–water partition coefficient (Wildman–Crippen LogP) is 1.88. The van der Waals surface area contributed by atoms with Crippen LogP contribution in [0, 0.1) is 0 Å². The number of hydrogen-bond donors (Lipinski definition) is 0. The number of sulfonamides is 1. The largest absolute Gasteiger partial charge is 0.380 e. The smallest absolute Gasteiger partial charge is 0.243 e. The van der Waals surface area contributed by atoms with Gasteiger partial charge in [-0.15, -0.1) is 11.6 Å². The molecule has 0 saturated carbocycles. The highest BCUT2D eigenvalue weighted by Gasteiger charge is 2.32. The minimum Gasteiger partial charge on any atom is -0.380 e. The summed E-state index contributed by atoms with van der Waals surface area (Å²) in [5.74, 6) is 0.535. The maximum Gasteiger partial charge on any atom is 0.243 e. The van der Waals surface area contributed by atoms with Crippen molar-refractivity contribution < 1.29 is 13.2 Å². The van der Waals surface area contributed by atoms with Gasteiger partial charge < -0.3 is 4.74 Å². The zero-order valence-electron chi connectivity index (χ0n) is 10.9. The lowest BCUT2D eigenvalue weighted by molar-refractivity contribution is 0.115. The van der Waals surface area contributed by atoms with Crippen LogP contribution < -0.4 is 0 Å². The summed E-state index contributed by atoms with van der Waals surface area (Å²) >= 11 is 5.66. The lowest BCUT2D eigenvalue weighted by atomic mass is 10.2. The average Bonchev–Trinajstić information content (AvgIpc) is 2.89. The van der Waals surface area contributed by atoms with Gasteiger partial charge >= 0.3 is 0 Å². The second kappa shape index (κ2) is 6.22. The Morgan fingerprint density at radius 3 is 2.58 bits per heavy atom. The molecule has 0 radical (unpaired) electrons. The fourth-order valence-corrected chi connectivity index (χ4v) is 3.90. The van der Waals surface area contributed by atoms with Crippen molar-refractivity contribution in [3.8, 4) is 0 Å². The van der Waals surface area contributed by atoms with E-state index < -0.39 is 10.0 Å². The van der Waals surface area contributed by atoms with E-state index in [2.05, 4.69) is 0 Å². The monoisotopic (exact) mass is 303 g/mol. The summed E-state index contributed by atoms with van der Waals surface area (Å²) in [6.45, 7) is 0.951. The topological polar surface area (TPSA) is 46.6 Å². The summed E-state index contributed by atoms with van der Waals surface area (Å²) < 4.78 is 31.5. The summed E-state index contributed by atoms with van der Waals surface area (Å²) in [6.07, 6.45) is 1.50. The van der Waals surface area contributed by atoms with Crippen molar-refractivity contribution in [1.29, 1.82) is 0 Å². The molecule has 1 aromatic rings. The van der Waals surface area contributed by atoms with Crippen LogP contribution in [-0.4, -0.2) is 44.9 Å². The van der Waals surface area contributed by atoms with Gasteiger partial charge in [-0.1, -0.05) is 12.1 Å². The van der Waals surface area contributed by atoms with Crippen LogP contribution in [0.2, 0.25) is 0 Å². The number of ether oxygens (including phenoxy) is 1. The molecule has 1 aromatic carbocycles. The second-order valence-corrected chi connectivity index (χ2v) is 6.91. The van der Waals surface area contributed by atoms with Crippen molar-refractivity contribution in [2.75, 3.05) is 26.1 Å². The third-order valence-corrected chi connectivity index (χ3v) is 5.45. The molecule has 1 saturated heterocycles. The number of nitrogens with zero attached hydrogens (tertiary/aromatic N) is 1. The maximum atomic E-state index is 12.4. The first kappa shape index (κ1) is 14.8. The Kier molecular flexibility index (Phi) is 4.84. The van der Waals surface area contributed by atoms with E-state index in [0.29, 0.717) is 23.9 Å². The highest BCUT2D eigenvalue weighted by molar-refractivity contribution is 7.89. The molecule has 19 heavy (non-hydrogen) atoms. The predicted molar refractivity (Wildman–Crippen MR) is 75.0 cm³/mol.